The van der Waals surface area contributed by atoms with Crippen molar-refractivity contribution in [2.45, 2.75) is 71.1 Å². The Hall–Kier alpha value is -5.12. The van der Waals surface area contributed by atoms with E-state index >= 15 is 0 Å². The molecule has 1 atom stereocenters. The Balaban J connectivity index is 0.000000649. The highest BCUT2D eigenvalue weighted by Crippen LogP contribution is 2.12. The maximum Gasteiger partial charge on any atom is 0.335 e. The van der Waals surface area contributed by atoms with E-state index in [1.54, 1.807) is 54.6 Å². The molecule has 0 fully saturated rings. The van der Waals surface area contributed by atoms with Crippen molar-refractivity contribution in [2.24, 2.45) is 5.92 Å². The molecule has 10 heteroatoms. The van der Waals surface area contributed by atoms with Crippen LogP contribution < -0.4 is 0 Å². The second-order valence-electron chi connectivity index (χ2n) is 10.1. The summed E-state index contributed by atoms with van der Waals surface area (Å²) in [7, 11) is 0. The number of para-hydroxylation sites is 2. The molecule has 0 saturated heterocycles. The highest BCUT2D eigenvalue weighted by Gasteiger charge is 2.17. The van der Waals surface area contributed by atoms with E-state index in [0.29, 0.717) is 11.5 Å². The molecule has 3 rings (SSSR count). The van der Waals surface area contributed by atoms with E-state index in [2.05, 4.69) is 6.92 Å². The summed E-state index contributed by atoms with van der Waals surface area (Å²) >= 11 is 0. The van der Waals surface area contributed by atoms with Gasteiger partial charge in [0.15, 0.2) is 0 Å². The van der Waals surface area contributed by atoms with Gasteiger partial charge in [0, 0.05) is 0 Å². The van der Waals surface area contributed by atoms with E-state index in [1.807, 2.05) is 12.1 Å². The summed E-state index contributed by atoms with van der Waals surface area (Å²) in [6.07, 6.45) is 13.7. The number of carboxylic acid groups (broad SMARTS) is 4. The molecule has 6 N–H and O–H groups in total. The van der Waals surface area contributed by atoms with Gasteiger partial charge in [-0.15, -0.1) is 0 Å². The highest BCUT2D eigenvalue weighted by molar-refractivity contribution is 5.91. The van der Waals surface area contributed by atoms with E-state index in [9.17, 15) is 19.2 Å². The van der Waals surface area contributed by atoms with Crippen molar-refractivity contribution in [3.63, 3.8) is 0 Å². The number of allylic oxidation sites excluding steroid dienone is 1. The quantitative estimate of drug-likeness (QED) is 0.0700. The number of hydrogen-bond acceptors (Lipinski definition) is 6. The largest absolute Gasteiger partial charge is 0.508 e. The van der Waals surface area contributed by atoms with Crippen LogP contribution in [-0.2, 0) is 9.59 Å². The zero-order chi connectivity index (χ0) is 34.6. The van der Waals surface area contributed by atoms with Crippen LogP contribution in [0.2, 0.25) is 0 Å². The minimum absolute atomic E-state index is 0.0833. The summed E-state index contributed by atoms with van der Waals surface area (Å²) in [5.74, 6) is -4.53. The third kappa shape index (κ3) is 23.3. The molecule has 250 valence electrons. The Morgan fingerprint density at radius 1 is 0.587 bits per heavy atom. The summed E-state index contributed by atoms with van der Waals surface area (Å²) in [5.41, 5.74) is 0.167. The predicted octanol–water partition coefficient (Wildman–Crippen LogP) is 8.12. The fraction of sp³-hybridized carbons (Fsp3) is 0.333. The fourth-order valence-corrected chi connectivity index (χ4v) is 3.69. The first-order chi connectivity index (χ1) is 22.0. The molecule has 0 radical (unpaired) electrons. The van der Waals surface area contributed by atoms with Crippen LogP contribution in [0.5, 0.6) is 11.5 Å². The fourth-order valence-electron chi connectivity index (χ4n) is 3.69. The number of carbonyl (C=O) groups is 4. The number of benzene rings is 3. The van der Waals surface area contributed by atoms with Crippen molar-refractivity contribution in [3.8, 4) is 11.5 Å². The van der Waals surface area contributed by atoms with Crippen molar-refractivity contribution >= 4 is 23.9 Å². The van der Waals surface area contributed by atoms with Gasteiger partial charge in [-0.1, -0.05) is 100 Å². The van der Waals surface area contributed by atoms with E-state index in [-0.39, 0.29) is 17.5 Å². The van der Waals surface area contributed by atoms with Crippen LogP contribution in [0.3, 0.4) is 0 Å². The van der Waals surface area contributed by atoms with Crippen molar-refractivity contribution in [2.75, 3.05) is 0 Å². The van der Waals surface area contributed by atoms with Crippen LogP contribution in [0.1, 0.15) is 91.8 Å². The van der Waals surface area contributed by atoms with Gasteiger partial charge in [0.25, 0.3) is 0 Å². The molecule has 3 aromatic rings. The Morgan fingerprint density at radius 3 is 1.28 bits per heavy atom. The monoisotopic (exact) mass is 638 g/mol. The Bertz CT molecular complexity index is 1200. The number of phenolic OH excluding ortho intramolecular Hbond substituents is 2. The van der Waals surface area contributed by atoms with E-state index in [1.165, 1.54) is 68.9 Å². The lowest BCUT2D eigenvalue weighted by Crippen LogP contribution is -2.15. The molecule has 0 amide bonds. The second-order valence-corrected chi connectivity index (χ2v) is 10.1. The zero-order valence-electron chi connectivity index (χ0n) is 26.2. The average Bonchev–Trinajstić information content (AvgIpc) is 3.03. The van der Waals surface area contributed by atoms with Crippen LogP contribution in [-0.4, -0.2) is 54.5 Å². The lowest BCUT2D eigenvalue weighted by atomic mass is 10.0. The van der Waals surface area contributed by atoms with Crippen molar-refractivity contribution < 1.29 is 49.8 Å². The molecule has 46 heavy (non-hydrogen) atoms. The molecular weight excluding hydrogens is 592 g/mol. The van der Waals surface area contributed by atoms with Crippen molar-refractivity contribution in [3.05, 3.63) is 108 Å². The molecule has 0 aromatic heterocycles. The van der Waals surface area contributed by atoms with E-state index in [4.69, 9.17) is 30.6 Å². The molecule has 3 aromatic carbocycles. The Kier molecular flexibility index (Phi) is 23.4. The molecule has 0 aliphatic heterocycles. The molecule has 0 bridgehead atoms. The van der Waals surface area contributed by atoms with Crippen LogP contribution >= 0.6 is 0 Å². The molecule has 0 aliphatic carbocycles. The molecular formula is C36H46O10. The van der Waals surface area contributed by atoms with Gasteiger partial charge < -0.3 is 30.6 Å². The smallest absolute Gasteiger partial charge is 0.335 e. The molecule has 0 heterocycles. The first-order valence-electron chi connectivity index (χ1n) is 15.1. The zero-order valence-corrected chi connectivity index (χ0v) is 26.2. The standard InChI is InChI=1S/C16H28O4.C8H6O4.2C6H6O/c1-2-3-4-5-6-7-8-9-10-11-12-14(16(19)20)13-15(17)18;9-7(10)5-1-2-6(4-3-5)8(11)12;2*7-6-4-2-1-3-5-6/h11-12,14H,2-10,13H2,1H3,(H,17,18)(H,19,20);1-4H,(H,9,10)(H,11,12);2*1-5,7H. The molecule has 0 spiro atoms. The number of phenols is 2. The normalized spacial score (nSPS) is 10.5. The van der Waals surface area contributed by atoms with Crippen molar-refractivity contribution in [1.82, 2.24) is 0 Å². The van der Waals surface area contributed by atoms with Gasteiger partial charge in [-0.25, -0.2) is 9.59 Å². The molecule has 0 aliphatic rings. The molecule has 1 unspecified atom stereocenters. The van der Waals surface area contributed by atoms with Crippen LogP contribution in [0.4, 0.5) is 0 Å². The molecule has 10 nitrogen and oxygen atoms in total. The maximum absolute atomic E-state index is 10.8. The predicted molar refractivity (Wildman–Crippen MR) is 176 cm³/mol. The van der Waals surface area contributed by atoms with Crippen LogP contribution in [0, 0.1) is 5.92 Å². The summed E-state index contributed by atoms with van der Waals surface area (Å²) in [6, 6.07) is 22.4. The number of aromatic hydroxyl groups is 2. The summed E-state index contributed by atoms with van der Waals surface area (Å²) in [5, 5.41) is 51.6. The topological polar surface area (TPSA) is 190 Å². The van der Waals surface area contributed by atoms with E-state index in [0.717, 1.165) is 19.3 Å². The van der Waals surface area contributed by atoms with Gasteiger partial charge in [0.05, 0.1) is 23.5 Å². The first-order valence-corrected chi connectivity index (χ1v) is 15.1. The minimum Gasteiger partial charge on any atom is -0.508 e. The number of aliphatic carboxylic acids is 2. The Morgan fingerprint density at radius 2 is 0.978 bits per heavy atom. The van der Waals surface area contributed by atoms with Crippen LogP contribution in [0.15, 0.2) is 97.1 Å². The summed E-state index contributed by atoms with van der Waals surface area (Å²) < 4.78 is 0. The lowest BCUT2D eigenvalue weighted by Gasteiger charge is -2.03. The number of rotatable bonds is 15. The van der Waals surface area contributed by atoms with Gasteiger partial charge in [-0.2, -0.15) is 0 Å². The summed E-state index contributed by atoms with van der Waals surface area (Å²) in [6.45, 7) is 2.21. The number of unbranched alkanes of at least 4 members (excludes halogenated alkanes) is 8. The van der Waals surface area contributed by atoms with E-state index < -0.39 is 29.8 Å². The van der Waals surface area contributed by atoms with Gasteiger partial charge in [-0.05, 0) is 61.4 Å². The minimum atomic E-state index is -1.07. The third-order valence-corrected chi connectivity index (χ3v) is 6.20. The maximum atomic E-state index is 10.8. The van der Waals surface area contributed by atoms with Gasteiger partial charge in [0.2, 0.25) is 0 Å². The molecule has 0 saturated carbocycles. The number of carboxylic acids is 4. The summed E-state index contributed by atoms with van der Waals surface area (Å²) in [4.78, 5) is 42.0. The van der Waals surface area contributed by atoms with Gasteiger partial charge in [-0.3, -0.25) is 9.59 Å². The first kappa shape index (κ1) is 40.9. The van der Waals surface area contributed by atoms with Gasteiger partial charge in [0.1, 0.15) is 11.5 Å². The van der Waals surface area contributed by atoms with Crippen molar-refractivity contribution in [1.29, 1.82) is 0 Å². The average molecular weight is 639 g/mol. The van der Waals surface area contributed by atoms with Gasteiger partial charge >= 0.3 is 23.9 Å². The lowest BCUT2D eigenvalue weighted by molar-refractivity contribution is -0.146. The third-order valence-electron chi connectivity index (χ3n) is 6.20. The van der Waals surface area contributed by atoms with Crippen LogP contribution in [0.25, 0.3) is 0 Å². The Labute approximate surface area is 270 Å². The number of aromatic carboxylic acids is 2. The highest BCUT2D eigenvalue weighted by atomic mass is 16.4. The second kappa shape index (κ2) is 26.3. The number of hydrogen-bond donors (Lipinski definition) is 6. The SMILES string of the molecule is CCCCCCCCCCC=CC(CC(=O)O)C(=O)O.O=C(O)c1ccc(C(=O)O)cc1.Oc1ccccc1.Oc1ccccc1.